The van der Waals surface area contributed by atoms with E-state index < -0.39 is 0 Å². The molecule has 0 amide bonds. The number of benzene rings is 4. The van der Waals surface area contributed by atoms with Gasteiger partial charge in [0.1, 0.15) is 0 Å². The molecule has 4 aromatic carbocycles. The second kappa shape index (κ2) is 11.9. The summed E-state index contributed by atoms with van der Waals surface area (Å²) < 4.78 is 0. The number of nitrogens with zero attached hydrogens (tertiary/aromatic N) is 4. The van der Waals surface area contributed by atoms with Crippen LogP contribution in [0.25, 0.3) is 11.1 Å². The molecule has 0 bridgehead atoms. The average Bonchev–Trinajstić information content (AvgIpc) is 3.52. The maximum atomic E-state index is 5.15. The normalized spacial score (nSPS) is 15.2. The molecule has 0 unspecified atom stereocenters. The van der Waals surface area contributed by atoms with Crippen LogP contribution < -0.4 is 9.80 Å². The number of aromatic nitrogens is 2. The molecule has 0 N–H and O–H groups in total. The molecule has 1 aliphatic carbocycles. The zero-order chi connectivity index (χ0) is 34.1. The van der Waals surface area contributed by atoms with Crippen molar-refractivity contribution in [3.63, 3.8) is 0 Å². The van der Waals surface area contributed by atoms with Gasteiger partial charge in [-0.25, -0.2) is 9.97 Å². The number of hydrogen-bond donors (Lipinski definition) is 0. The van der Waals surface area contributed by atoms with Crippen LogP contribution in [0.2, 0.25) is 0 Å². The zero-order valence-electron chi connectivity index (χ0n) is 30.3. The van der Waals surface area contributed by atoms with Gasteiger partial charge in [-0.2, -0.15) is 0 Å². The van der Waals surface area contributed by atoms with E-state index in [1.165, 1.54) is 55.9 Å². The molecule has 5 aromatic rings. The van der Waals surface area contributed by atoms with E-state index in [-0.39, 0.29) is 5.41 Å². The second-order valence-electron chi connectivity index (χ2n) is 15.3. The Morgan fingerprint density at radius 1 is 0.500 bits per heavy atom. The number of rotatable bonds is 7. The van der Waals surface area contributed by atoms with Gasteiger partial charge in [0.05, 0.1) is 11.4 Å². The maximum absolute atomic E-state index is 5.15. The van der Waals surface area contributed by atoms with Crippen molar-refractivity contribution in [3.8, 4) is 11.1 Å². The molecule has 2 heterocycles. The van der Waals surface area contributed by atoms with Crippen LogP contribution in [0.5, 0.6) is 0 Å². The largest absolute Gasteiger partial charge is 0.290 e. The highest BCUT2D eigenvalue weighted by Crippen LogP contribution is 2.57. The number of para-hydroxylation sites is 2. The predicted octanol–water partition coefficient (Wildman–Crippen LogP) is 12.1. The van der Waals surface area contributed by atoms with Crippen molar-refractivity contribution in [1.29, 1.82) is 0 Å². The van der Waals surface area contributed by atoms with E-state index in [2.05, 4.69) is 158 Å². The fourth-order valence-electron chi connectivity index (χ4n) is 8.02. The molecule has 0 spiro atoms. The van der Waals surface area contributed by atoms with E-state index >= 15 is 0 Å². The third-order valence-electron chi connectivity index (χ3n) is 10.5. The summed E-state index contributed by atoms with van der Waals surface area (Å²) in [6.45, 7) is 23.1. The molecule has 48 heavy (non-hydrogen) atoms. The first-order valence-corrected chi connectivity index (χ1v) is 17.7. The molecule has 0 saturated heterocycles. The van der Waals surface area contributed by atoms with Gasteiger partial charge in [-0.1, -0.05) is 142 Å². The summed E-state index contributed by atoms with van der Waals surface area (Å²) in [5, 5.41) is 0. The molecule has 0 atom stereocenters. The number of anilines is 4. The van der Waals surface area contributed by atoms with Gasteiger partial charge >= 0.3 is 0 Å². The number of hydrogen-bond acceptors (Lipinski definition) is 4. The molecule has 4 nitrogen and oxygen atoms in total. The minimum atomic E-state index is -0.0691. The fraction of sp³-hybridized carbons (Fsp3) is 0.341. The summed E-state index contributed by atoms with van der Waals surface area (Å²) in [5.41, 5.74) is 14.1. The van der Waals surface area contributed by atoms with E-state index in [0.717, 1.165) is 23.4 Å². The van der Waals surface area contributed by atoms with Crippen molar-refractivity contribution in [2.75, 3.05) is 9.80 Å². The summed E-state index contributed by atoms with van der Waals surface area (Å²) in [7, 11) is 0. The second-order valence-corrected chi connectivity index (χ2v) is 15.3. The van der Waals surface area contributed by atoms with Crippen LogP contribution in [0.3, 0.4) is 0 Å². The van der Waals surface area contributed by atoms with Crippen LogP contribution in [0.4, 0.5) is 23.0 Å². The molecule has 245 valence electrons. The minimum Gasteiger partial charge on any atom is -0.290 e. The van der Waals surface area contributed by atoms with Crippen LogP contribution in [-0.4, -0.2) is 9.97 Å². The molecule has 0 fully saturated rings. The Hall–Kier alpha value is -4.44. The quantitative estimate of drug-likeness (QED) is 0.178. The van der Waals surface area contributed by atoms with Crippen molar-refractivity contribution in [1.82, 2.24) is 9.97 Å². The predicted molar refractivity (Wildman–Crippen MR) is 202 cm³/mol. The zero-order valence-corrected chi connectivity index (χ0v) is 30.3. The van der Waals surface area contributed by atoms with Crippen LogP contribution in [0.1, 0.15) is 132 Å². The third kappa shape index (κ3) is 4.86. The van der Waals surface area contributed by atoms with Crippen LogP contribution in [0.15, 0.2) is 91.3 Å². The highest BCUT2D eigenvalue weighted by Gasteiger charge is 2.47. The monoisotopic (exact) mass is 633 g/mol. The van der Waals surface area contributed by atoms with E-state index in [4.69, 9.17) is 9.97 Å². The lowest BCUT2D eigenvalue weighted by molar-refractivity contribution is 0.660. The van der Waals surface area contributed by atoms with Crippen molar-refractivity contribution in [2.24, 2.45) is 0 Å². The van der Waals surface area contributed by atoms with Crippen LogP contribution >= 0.6 is 0 Å². The summed E-state index contributed by atoms with van der Waals surface area (Å²) in [4.78, 5) is 15.2. The Bertz CT molecular complexity index is 1860. The molecule has 7 rings (SSSR count). The lowest BCUT2D eigenvalue weighted by atomic mass is 9.82. The van der Waals surface area contributed by atoms with Gasteiger partial charge in [-0.15, -0.1) is 0 Å². The molecule has 1 radical (unpaired) electrons. The first kappa shape index (κ1) is 32.1. The molecule has 1 aromatic heterocycles. The molecule has 4 heteroatoms. The summed E-state index contributed by atoms with van der Waals surface area (Å²) in [6.07, 6.45) is 4.78. The van der Waals surface area contributed by atoms with Gasteiger partial charge in [0.2, 0.25) is 0 Å². The topological polar surface area (TPSA) is 32.3 Å². The Kier molecular flexibility index (Phi) is 7.97. The van der Waals surface area contributed by atoms with Gasteiger partial charge in [0, 0.05) is 23.4 Å². The maximum Gasteiger partial charge on any atom is 0.199 e. The van der Waals surface area contributed by atoms with Crippen molar-refractivity contribution in [2.45, 2.75) is 98.3 Å². The van der Waals surface area contributed by atoms with Crippen molar-refractivity contribution < 1.29 is 0 Å². The van der Waals surface area contributed by atoms with E-state index in [1.807, 2.05) is 12.4 Å². The number of fused-ring (bicyclic) bond motifs is 4. The van der Waals surface area contributed by atoms with Crippen molar-refractivity contribution >= 4 is 23.0 Å². The summed E-state index contributed by atoms with van der Waals surface area (Å²) >= 11 is 0. The van der Waals surface area contributed by atoms with Crippen molar-refractivity contribution in [3.05, 3.63) is 136 Å². The Morgan fingerprint density at radius 2 is 0.938 bits per heavy atom. The highest BCUT2D eigenvalue weighted by molar-refractivity contribution is 5.94. The standard InChI is InChI=1S/C44H49N4/c1-26(2)31-16-13-17-32(27(3)4)39(31)47-41-42(46-24-23-45-41)48(40-33(28(5)6)18-14-19-34(40)29(7)8)43(47)30-21-22-38-36(25-30)35-15-11-12-20-37(35)44(38,9)10/h11-29H,1-10H3. The summed E-state index contributed by atoms with van der Waals surface area (Å²) in [5.74, 6) is 3.01. The minimum absolute atomic E-state index is 0.0691. The van der Waals surface area contributed by atoms with E-state index in [1.54, 1.807) is 0 Å². The fourth-order valence-corrected chi connectivity index (χ4v) is 8.02. The smallest absolute Gasteiger partial charge is 0.199 e. The molecule has 1 aliphatic heterocycles. The lowest BCUT2D eigenvalue weighted by Crippen LogP contribution is -2.34. The lowest BCUT2D eigenvalue weighted by Gasteiger charge is -2.37. The van der Waals surface area contributed by atoms with Gasteiger partial charge in [0.15, 0.2) is 17.8 Å². The molecular formula is C44H49N4. The Balaban J connectivity index is 1.59. The van der Waals surface area contributed by atoms with Crippen LogP contribution in [0, 0.1) is 6.17 Å². The molecule has 2 aliphatic rings. The highest BCUT2D eigenvalue weighted by atomic mass is 15.5. The first-order chi connectivity index (χ1) is 22.9. The SMILES string of the molecule is CC(C)c1cccc(C(C)C)c1N1[C](c2ccc3c(c2)-c2ccccc2C3(C)C)N(c2c(C(C)C)cccc2C(C)C)c2nccnc21. The van der Waals surface area contributed by atoms with E-state index in [9.17, 15) is 0 Å². The average molecular weight is 634 g/mol. The third-order valence-corrected chi connectivity index (χ3v) is 10.5. The Morgan fingerprint density at radius 3 is 1.40 bits per heavy atom. The molecule has 0 saturated carbocycles. The first-order valence-electron chi connectivity index (χ1n) is 17.7. The Labute approximate surface area is 287 Å². The molecular weight excluding hydrogens is 585 g/mol. The summed E-state index contributed by atoms with van der Waals surface area (Å²) in [6, 6.07) is 29.7. The van der Waals surface area contributed by atoms with Crippen LogP contribution in [-0.2, 0) is 5.41 Å². The van der Waals surface area contributed by atoms with Gasteiger partial charge < -0.3 is 0 Å². The van der Waals surface area contributed by atoms with Gasteiger partial charge in [-0.3, -0.25) is 9.80 Å². The van der Waals surface area contributed by atoms with Gasteiger partial charge in [-0.05, 0) is 74.2 Å². The van der Waals surface area contributed by atoms with Gasteiger partial charge in [0.25, 0.3) is 0 Å². The van der Waals surface area contributed by atoms with E-state index in [0.29, 0.717) is 23.7 Å².